The molecule has 0 atom stereocenters. The topological polar surface area (TPSA) is 29.5 Å². The van der Waals surface area contributed by atoms with E-state index in [0.717, 1.165) is 15.7 Å². The molecule has 1 amide bonds. The number of rotatable bonds is 5. The van der Waals surface area contributed by atoms with Crippen LogP contribution in [0.3, 0.4) is 0 Å². The highest BCUT2D eigenvalue weighted by molar-refractivity contribution is 9.10. The van der Waals surface area contributed by atoms with Gasteiger partial charge in [0.05, 0.1) is 5.41 Å². The number of ether oxygens (including phenoxy) is 1. The molecule has 0 aliphatic carbocycles. The molecule has 3 nitrogen and oxygen atoms in total. The fraction of sp³-hybridized carbons (Fsp3) is 0.250. The van der Waals surface area contributed by atoms with Crippen LogP contribution in [0.5, 0.6) is 5.75 Å². The van der Waals surface area contributed by atoms with Gasteiger partial charge in [-0.2, -0.15) is 0 Å². The second-order valence-electron chi connectivity index (χ2n) is 5.99. The van der Waals surface area contributed by atoms with Crippen LogP contribution < -0.4 is 9.64 Å². The van der Waals surface area contributed by atoms with Crippen molar-refractivity contribution in [2.45, 2.75) is 19.3 Å². The number of anilines is 1. The van der Waals surface area contributed by atoms with Gasteiger partial charge in [-0.15, -0.1) is 6.42 Å². The van der Waals surface area contributed by atoms with Crippen molar-refractivity contribution in [3.8, 4) is 18.1 Å². The molecular weight excluding hydrogens is 366 g/mol. The van der Waals surface area contributed by atoms with E-state index in [1.807, 2.05) is 62.4 Å². The quantitative estimate of drug-likeness (QED) is 0.713. The first-order valence-corrected chi connectivity index (χ1v) is 8.36. The summed E-state index contributed by atoms with van der Waals surface area (Å²) in [5, 5.41) is 0. The first-order valence-electron chi connectivity index (χ1n) is 7.57. The summed E-state index contributed by atoms with van der Waals surface area (Å²) in [7, 11) is 1.78. The van der Waals surface area contributed by atoms with Crippen LogP contribution >= 0.6 is 15.9 Å². The summed E-state index contributed by atoms with van der Waals surface area (Å²) in [6, 6.07) is 15.1. The molecule has 4 heteroatoms. The van der Waals surface area contributed by atoms with Crippen LogP contribution in [0.15, 0.2) is 53.0 Å². The third-order valence-corrected chi connectivity index (χ3v) is 4.43. The summed E-state index contributed by atoms with van der Waals surface area (Å²) in [5.74, 6) is 3.12. The minimum absolute atomic E-state index is 0.0119. The van der Waals surface area contributed by atoms with Crippen molar-refractivity contribution in [3.63, 3.8) is 0 Å². The molecule has 2 aromatic carbocycles. The lowest BCUT2D eigenvalue weighted by atomic mass is 9.83. The molecule has 0 saturated heterocycles. The van der Waals surface area contributed by atoms with Crippen LogP contribution in [0, 0.1) is 12.3 Å². The Bertz CT molecular complexity index is 760. The Morgan fingerprint density at radius 3 is 2.50 bits per heavy atom. The van der Waals surface area contributed by atoms with Gasteiger partial charge in [-0.05, 0) is 55.8 Å². The molecule has 0 N–H and O–H groups in total. The van der Waals surface area contributed by atoms with E-state index in [9.17, 15) is 4.79 Å². The third kappa shape index (κ3) is 3.98. The predicted molar refractivity (Wildman–Crippen MR) is 101 cm³/mol. The number of carbonyl (C=O) groups excluding carboxylic acids is 1. The number of halogens is 1. The molecule has 0 aliphatic heterocycles. The molecule has 24 heavy (non-hydrogen) atoms. The molecule has 0 bridgehead atoms. The van der Waals surface area contributed by atoms with Gasteiger partial charge in [0.15, 0.2) is 0 Å². The Hall–Kier alpha value is -2.25. The smallest absolute Gasteiger partial charge is 0.236 e. The zero-order valence-corrected chi connectivity index (χ0v) is 15.6. The largest absolute Gasteiger partial charge is 0.481 e. The lowest BCUT2D eigenvalue weighted by molar-refractivity contribution is -0.122. The summed E-state index contributed by atoms with van der Waals surface area (Å²) in [6.07, 6.45) is 5.18. The van der Waals surface area contributed by atoms with E-state index < -0.39 is 5.41 Å². The lowest BCUT2D eigenvalue weighted by Crippen LogP contribution is -2.41. The van der Waals surface area contributed by atoms with Crippen molar-refractivity contribution in [1.29, 1.82) is 0 Å². The maximum atomic E-state index is 13.0. The summed E-state index contributed by atoms with van der Waals surface area (Å²) in [6.45, 7) is 4.08. The van der Waals surface area contributed by atoms with E-state index in [1.165, 1.54) is 0 Å². The molecule has 0 aromatic heterocycles. The zero-order chi connectivity index (χ0) is 17.7. The highest BCUT2D eigenvalue weighted by Crippen LogP contribution is 2.30. The Morgan fingerprint density at radius 2 is 1.92 bits per heavy atom. The molecule has 0 heterocycles. The number of hydrogen-bond donors (Lipinski definition) is 0. The van der Waals surface area contributed by atoms with E-state index in [-0.39, 0.29) is 12.5 Å². The molecule has 124 valence electrons. The summed E-state index contributed by atoms with van der Waals surface area (Å²) in [5.41, 5.74) is 1.12. The number of carbonyl (C=O) groups is 1. The molecule has 2 rings (SSSR count). The molecule has 2 aromatic rings. The first-order chi connectivity index (χ1) is 11.4. The van der Waals surface area contributed by atoms with Crippen LogP contribution in [0.2, 0.25) is 0 Å². The van der Waals surface area contributed by atoms with Crippen molar-refractivity contribution in [2.75, 3.05) is 18.6 Å². The van der Waals surface area contributed by atoms with E-state index in [2.05, 4.69) is 21.9 Å². The van der Waals surface area contributed by atoms with Gasteiger partial charge in [-0.1, -0.05) is 34.0 Å². The van der Waals surface area contributed by atoms with Gasteiger partial charge in [0, 0.05) is 17.2 Å². The molecule has 0 saturated carbocycles. The SMILES string of the molecule is C#CCOc1ccc(N(C)C(=O)C(C)(C)c2cccc(Br)c2)cc1. The van der Waals surface area contributed by atoms with Gasteiger partial charge >= 0.3 is 0 Å². The maximum Gasteiger partial charge on any atom is 0.236 e. The van der Waals surface area contributed by atoms with Crippen LogP contribution in [0.4, 0.5) is 5.69 Å². The van der Waals surface area contributed by atoms with Gasteiger partial charge in [-0.25, -0.2) is 0 Å². The molecule has 0 unspecified atom stereocenters. The van der Waals surface area contributed by atoms with Gasteiger partial charge in [0.2, 0.25) is 5.91 Å². The van der Waals surface area contributed by atoms with Crippen molar-refractivity contribution < 1.29 is 9.53 Å². The summed E-state index contributed by atoms with van der Waals surface area (Å²) >= 11 is 3.46. The van der Waals surface area contributed by atoms with E-state index >= 15 is 0 Å². The molecular formula is C20H20BrNO2. The van der Waals surface area contributed by atoms with Crippen LogP contribution in [0.25, 0.3) is 0 Å². The van der Waals surface area contributed by atoms with Crippen molar-refractivity contribution in [1.82, 2.24) is 0 Å². The Balaban J connectivity index is 2.20. The van der Waals surface area contributed by atoms with Crippen molar-refractivity contribution in [3.05, 3.63) is 58.6 Å². The summed E-state index contributed by atoms with van der Waals surface area (Å²) in [4.78, 5) is 14.6. The minimum atomic E-state index is -0.642. The Morgan fingerprint density at radius 1 is 1.25 bits per heavy atom. The number of benzene rings is 2. The van der Waals surface area contributed by atoms with Crippen molar-refractivity contribution in [2.24, 2.45) is 0 Å². The lowest BCUT2D eigenvalue weighted by Gasteiger charge is -2.30. The highest BCUT2D eigenvalue weighted by Gasteiger charge is 2.33. The van der Waals surface area contributed by atoms with Gasteiger partial charge in [0.25, 0.3) is 0 Å². The average molecular weight is 386 g/mol. The first kappa shape index (κ1) is 18.1. The minimum Gasteiger partial charge on any atom is -0.481 e. The number of terminal acetylenes is 1. The Labute approximate surface area is 151 Å². The summed E-state index contributed by atoms with van der Waals surface area (Å²) < 4.78 is 6.31. The van der Waals surface area contributed by atoms with E-state index in [1.54, 1.807) is 11.9 Å². The van der Waals surface area contributed by atoms with Gasteiger partial charge < -0.3 is 9.64 Å². The van der Waals surface area contributed by atoms with Crippen molar-refractivity contribution >= 4 is 27.5 Å². The van der Waals surface area contributed by atoms with Crippen LogP contribution in [-0.4, -0.2) is 19.6 Å². The second kappa shape index (κ2) is 7.55. The molecule has 0 aliphatic rings. The number of amides is 1. The van der Waals surface area contributed by atoms with Crippen LogP contribution in [-0.2, 0) is 10.2 Å². The Kier molecular flexibility index (Phi) is 5.69. The molecule has 0 spiro atoms. The predicted octanol–water partition coefficient (Wildman–Crippen LogP) is 4.40. The van der Waals surface area contributed by atoms with Gasteiger partial charge in [-0.3, -0.25) is 4.79 Å². The number of hydrogen-bond acceptors (Lipinski definition) is 2. The normalized spacial score (nSPS) is 10.8. The van der Waals surface area contributed by atoms with Crippen LogP contribution in [0.1, 0.15) is 19.4 Å². The van der Waals surface area contributed by atoms with Gasteiger partial charge in [0.1, 0.15) is 12.4 Å². The average Bonchev–Trinajstić information content (AvgIpc) is 2.59. The monoisotopic (exact) mass is 385 g/mol. The third-order valence-electron chi connectivity index (χ3n) is 3.93. The fourth-order valence-electron chi connectivity index (χ4n) is 2.43. The number of likely N-dealkylation sites (N-methyl/N-ethyl adjacent to an activating group) is 1. The molecule has 0 fully saturated rings. The second-order valence-corrected chi connectivity index (χ2v) is 6.90. The standard InChI is InChI=1S/C20H20BrNO2/c1-5-13-24-18-11-9-17(10-12-18)22(4)19(23)20(2,3)15-7-6-8-16(21)14-15/h1,6-12,14H,13H2,2-4H3. The van der Waals surface area contributed by atoms with E-state index in [0.29, 0.717) is 5.75 Å². The molecule has 0 radical (unpaired) electrons. The zero-order valence-electron chi connectivity index (χ0n) is 14.0. The number of nitrogens with zero attached hydrogens (tertiary/aromatic N) is 1. The van der Waals surface area contributed by atoms with E-state index in [4.69, 9.17) is 11.2 Å². The fourth-order valence-corrected chi connectivity index (χ4v) is 2.83. The maximum absolute atomic E-state index is 13.0. The highest BCUT2D eigenvalue weighted by atomic mass is 79.9.